The summed E-state index contributed by atoms with van der Waals surface area (Å²) in [6, 6.07) is 0. The minimum Gasteiger partial charge on any atom is -0.350 e. The van der Waals surface area contributed by atoms with Gasteiger partial charge in [0.05, 0.1) is 0 Å². The second-order valence-electron chi connectivity index (χ2n) is 7.15. The van der Waals surface area contributed by atoms with Gasteiger partial charge in [-0.05, 0) is 63.3 Å². The molecule has 3 heteroatoms. The quantitative estimate of drug-likeness (QED) is 0.800. The smallest absolute Gasteiger partial charge is 0.224 e. The summed E-state index contributed by atoms with van der Waals surface area (Å²) in [5.74, 6) is 3.04. The lowest BCUT2D eigenvalue weighted by Crippen LogP contribution is -2.60. The monoisotopic (exact) mass is 250 g/mol. The predicted molar refractivity (Wildman–Crippen MR) is 72.1 cm³/mol. The molecule has 4 aliphatic rings. The van der Waals surface area contributed by atoms with Gasteiger partial charge in [0.2, 0.25) is 5.91 Å². The molecule has 1 amide bonds. The van der Waals surface area contributed by atoms with Crippen molar-refractivity contribution in [3.05, 3.63) is 0 Å². The molecule has 0 aromatic rings. The molecular formula is C15H26N2O. The molecular weight excluding hydrogens is 224 g/mol. The lowest BCUT2D eigenvalue weighted by atomic mass is 9.53. The first-order chi connectivity index (χ1) is 8.60. The standard InChI is InChI=1S/C15H26N2O/c1-10(9-16-2)14(18)17-15-6-11-3-12(7-15)5-13(4-11)8-15/h10-13,16H,3-9H2,1-2H3,(H,17,18). The van der Waals surface area contributed by atoms with E-state index in [1.807, 2.05) is 14.0 Å². The highest BCUT2D eigenvalue weighted by Gasteiger charge is 2.51. The third-order valence-corrected chi connectivity index (χ3v) is 5.38. The minimum absolute atomic E-state index is 0.0861. The number of carbonyl (C=O) groups is 1. The number of amides is 1. The maximum absolute atomic E-state index is 12.3. The van der Waals surface area contributed by atoms with Crippen molar-refractivity contribution in [3.8, 4) is 0 Å². The van der Waals surface area contributed by atoms with Crippen LogP contribution in [0.4, 0.5) is 0 Å². The number of hydrogen-bond donors (Lipinski definition) is 2. The van der Waals surface area contributed by atoms with E-state index in [0.717, 1.165) is 24.3 Å². The Labute approximate surface area is 110 Å². The molecule has 0 saturated heterocycles. The molecule has 4 bridgehead atoms. The molecule has 0 radical (unpaired) electrons. The predicted octanol–water partition coefficient (Wildman–Crippen LogP) is 1.93. The summed E-state index contributed by atoms with van der Waals surface area (Å²) in [7, 11) is 1.91. The molecule has 0 heterocycles. The highest BCUT2D eigenvalue weighted by Crippen LogP contribution is 2.55. The second-order valence-corrected chi connectivity index (χ2v) is 7.15. The summed E-state index contributed by atoms with van der Waals surface area (Å²) in [4.78, 5) is 12.3. The largest absolute Gasteiger partial charge is 0.350 e. The number of nitrogens with one attached hydrogen (secondary N) is 2. The van der Waals surface area contributed by atoms with E-state index in [0.29, 0.717) is 0 Å². The van der Waals surface area contributed by atoms with Gasteiger partial charge in [0.15, 0.2) is 0 Å². The zero-order valence-electron chi connectivity index (χ0n) is 11.7. The van der Waals surface area contributed by atoms with Crippen LogP contribution >= 0.6 is 0 Å². The molecule has 4 fully saturated rings. The Morgan fingerprint density at radius 1 is 1.17 bits per heavy atom. The van der Waals surface area contributed by atoms with E-state index in [1.54, 1.807) is 0 Å². The van der Waals surface area contributed by atoms with Gasteiger partial charge in [-0.25, -0.2) is 0 Å². The van der Waals surface area contributed by atoms with Gasteiger partial charge >= 0.3 is 0 Å². The van der Waals surface area contributed by atoms with Gasteiger partial charge in [0, 0.05) is 18.0 Å². The van der Waals surface area contributed by atoms with E-state index in [2.05, 4.69) is 10.6 Å². The Hall–Kier alpha value is -0.570. The van der Waals surface area contributed by atoms with Crippen LogP contribution in [0.2, 0.25) is 0 Å². The van der Waals surface area contributed by atoms with Crippen LogP contribution < -0.4 is 10.6 Å². The van der Waals surface area contributed by atoms with E-state index in [-0.39, 0.29) is 17.4 Å². The van der Waals surface area contributed by atoms with Crippen LogP contribution in [0.3, 0.4) is 0 Å². The first kappa shape index (κ1) is 12.5. The van der Waals surface area contributed by atoms with Crippen LogP contribution in [0.1, 0.15) is 45.4 Å². The third kappa shape index (κ3) is 2.18. The Bertz CT molecular complexity index is 304. The van der Waals surface area contributed by atoms with Crippen molar-refractivity contribution in [2.45, 2.75) is 51.0 Å². The summed E-state index contributed by atoms with van der Waals surface area (Å²) >= 11 is 0. The summed E-state index contributed by atoms with van der Waals surface area (Å²) in [6.45, 7) is 2.80. The van der Waals surface area contributed by atoms with E-state index in [9.17, 15) is 4.79 Å². The summed E-state index contributed by atoms with van der Waals surface area (Å²) in [6.07, 6.45) is 8.04. The molecule has 1 unspecified atom stereocenters. The lowest BCUT2D eigenvalue weighted by molar-refractivity contribution is -0.130. The Morgan fingerprint density at radius 3 is 2.11 bits per heavy atom. The fourth-order valence-corrected chi connectivity index (χ4v) is 5.05. The first-order valence-corrected chi connectivity index (χ1v) is 7.57. The van der Waals surface area contributed by atoms with E-state index < -0.39 is 0 Å². The minimum atomic E-state index is 0.0861. The van der Waals surface area contributed by atoms with Gasteiger partial charge in [-0.1, -0.05) is 6.92 Å². The zero-order chi connectivity index (χ0) is 12.8. The molecule has 1 atom stereocenters. The topological polar surface area (TPSA) is 41.1 Å². The molecule has 0 spiro atoms. The molecule has 3 nitrogen and oxygen atoms in total. The summed E-state index contributed by atoms with van der Waals surface area (Å²) in [5, 5.41) is 6.53. The fraction of sp³-hybridized carbons (Fsp3) is 0.933. The van der Waals surface area contributed by atoms with Crippen molar-refractivity contribution in [1.82, 2.24) is 10.6 Å². The normalized spacial score (nSPS) is 42.9. The van der Waals surface area contributed by atoms with Crippen molar-refractivity contribution < 1.29 is 4.79 Å². The van der Waals surface area contributed by atoms with Gasteiger partial charge in [0.25, 0.3) is 0 Å². The molecule has 0 aliphatic heterocycles. The average Bonchev–Trinajstić information content (AvgIpc) is 2.26. The Balaban J connectivity index is 1.67. The first-order valence-electron chi connectivity index (χ1n) is 7.57. The molecule has 18 heavy (non-hydrogen) atoms. The van der Waals surface area contributed by atoms with Crippen LogP contribution in [-0.2, 0) is 4.79 Å². The van der Waals surface area contributed by atoms with E-state index in [4.69, 9.17) is 0 Å². The van der Waals surface area contributed by atoms with Crippen LogP contribution in [0.15, 0.2) is 0 Å². The molecule has 4 saturated carbocycles. The van der Waals surface area contributed by atoms with Crippen molar-refractivity contribution >= 4 is 5.91 Å². The number of carbonyl (C=O) groups excluding carboxylic acids is 1. The van der Waals surface area contributed by atoms with Crippen molar-refractivity contribution in [2.75, 3.05) is 13.6 Å². The van der Waals surface area contributed by atoms with E-state index >= 15 is 0 Å². The van der Waals surface area contributed by atoms with Gasteiger partial charge in [-0.15, -0.1) is 0 Å². The van der Waals surface area contributed by atoms with Gasteiger partial charge in [0.1, 0.15) is 0 Å². The fourth-order valence-electron chi connectivity index (χ4n) is 5.05. The van der Waals surface area contributed by atoms with Gasteiger partial charge in [-0.3, -0.25) is 4.79 Å². The third-order valence-electron chi connectivity index (χ3n) is 5.38. The second kappa shape index (κ2) is 4.52. The summed E-state index contributed by atoms with van der Waals surface area (Å²) in [5.41, 5.74) is 0.174. The van der Waals surface area contributed by atoms with Crippen LogP contribution in [-0.4, -0.2) is 25.0 Å². The van der Waals surface area contributed by atoms with Gasteiger partial charge < -0.3 is 10.6 Å². The molecule has 4 rings (SSSR count). The molecule has 102 valence electrons. The maximum Gasteiger partial charge on any atom is 0.224 e. The molecule has 2 N–H and O–H groups in total. The SMILES string of the molecule is CNCC(C)C(=O)NC12CC3CC(CC(C3)C1)C2. The molecule has 4 aliphatic carbocycles. The molecule has 0 aromatic carbocycles. The zero-order valence-corrected chi connectivity index (χ0v) is 11.7. The lowest BCUT2D eigenvalue weighted by Gasteiger charge is -2.57. The van der Waals surface area contributed by atoms with Crippen LogP contribution in [0, 0.1) is 23.7 Å². The highest BCUT2D eigenvalue weighted by molar-refractivity contribution is 5.79. The van der Waals surface area contributed by atoms with E-state index in [1.165, 1.54) is 38.5 Å². The maximum atomic E-state index is 12.3. The van der Waals surface area contributed by atoms with Gasteiger partial charge in [-0.2, -0.15) is 0 Å². The highest BCUT2D eigenvalue weighted by atomic mass is 16.2. The van der Waals surface area contributed by atoms with Crippen molar-refractivity contribution in [3.63, 3.8) is 0 Å². The van der Waals surface area contributed by atoms with Crippen LogP contribution in [0.25, 0.3) is 0 Å². The number of hydrogen-bond acceptors (Lipinski definition) is 2. The molecule has 0 aromatic heterocycles. The van der Waals surface area contributed by atoms with Crippen molar-refractivity contribution in [2.24, 2.45) is 23.7 Å². The number of rotatable bonds is 4. The summed E-state index contributed by atoms with van der Waals surface area (Å²) < 4.78 is 0. The Morgan fingerprint density at radius 2 is 1.67 bits per heavy atom. The van der Waals surface area contributed by atoms with Crippen LogP contribution in [0.5, 0.6) is 0 Å². The Kier molecular flexibility index (Phi) is 3.13. The van der Waals surface area contributed by atoms with Crippen molar-refractivity contribution in [1.29, 1.82) is 0 Å². The average molecular weight is 250 g/mol.